The van der Waals surface area contributed by atoms with Crippen molar-refractivity contribution in [2.24, 2.45) is 17.8 Å². The molecule has 2 aromatic carbocycles. The van der Waals surface area contributed by atoms with E-state index in [0.717, 1.165) is 70.2 Å². The number of alkyl carbamates (subject to hydrolysis) is 1. The number of rotatable bonds is 12. The van der Waals surface area contributed by atoms with Gasteiger partial charge in [-0.3, -0.25) is 9.59 Å². The molecule has 6 unspecified atom stereocenters. The van der Waals surface area contributed by atoms with Gasteiger partial charge in [-0.05, 0) is 78.7 Å². The molecule has 2 aliphatic carbocycles. The third kappa shape index (κ3) is 9.23. The van der Waals surface area contributed by atoms with Crippen LogP contribution in [0.4, 0.5) is 4.79 Å². The summed E-state index contributed by atoms with van der Waals surface area (Å²) < 4.78 is 15.1. The Kier molecular flexibility index (Phi) is 12.8. The second-order valence-electron chi connectivity index (χ2n) is 15.3. The molecule has 58 heavy (non-hydrogen) atoms. The number of hydrogen-bond acceptors (Lipinski definition) is 9. The highest BCUT2D eigenvalue weighted by Gasteiger charge is 2.43. The molecule has 3 aliphatic rings. The van der Waals surface area contributed by atoms with E-state index in [-0.39, 0.29) is 23.8 Å². The molecule has 2 saturated carbocycles. The molecule has 0 radical (unpaired) electrons. The molecule has 14 heteroatoms. The highest BCUT2D eigenvalue weighted by atomic mass is 16.5. The first-order valence-corrected chi connectivity index (χ1v) is 19.9. The van der Waals surface area contributed by atoms with Crippen molar-refractivity contribution in [1.29, 1.82) is 0 Å². The van der Waals surface area contributed by atoms with Gasteiger partial charge in [-0.1, -0.05) is 61.0 Å². The summed E-state index contributed by atoms with van der Waals surface area (Å²) in [4.78, 5) is 58.6. The predicted molar refractivity (Wildman–Crippen MR) is 218 cm³/mol. The summed E-state index contributed by atoms with van der Waals surface area (Å²) >= 11 is 0. The molecule has 3 fully saturated rings. The van der Waals surface area contributed by atoms with E-state index in [1.807, 2.05) is 12.1 Å². The number of methoxy groups -OCH3 is 3. The minimum absolute atomic E-state index is 0.218. The summed E-state index contributed by atoms with van der Waals surface area (Å²) in [5, 5.41) is 5.66. The lowest BCUT2D eigenvalue weighted by Gasteiger charge is -2.30. The largest absolute Gasteiger partial charge is 0.481 e. The van der Waals surface area contributed by atoms with Gasteiger partial charge in [0.1, 0.15) is 11.9 Å². The number of amides is 3. The lowest BCUT2D eigenvalue weighted by Crippen LogP contribution is -2.54. The van der Waals surface area contributed by atoms with Crippen molar-refractivity contribution in [3.05, 3.63) is 97.0 Å². The molecule has 4 heterocycles. The van der Waals surface area contributed by atoms with Crippen LogP contribution >= 0.6 is 0 Å². The minimum Gasteiger partial charge on any atom is -0.481 e. The molecule has 8 rings (SSSR count). The quantitative estimate of drug-likeness (QED) is 0.107. The zero-order valence-corrected chi connectivity index (χ0v) is 33.4. The van der Waals surface area contributed by atoms with Gasteiger partial charge in [0.05, 0.1) is 56.5 Å². The summed E-state index contributed by atoms with van der Waals surface area (Å²) in [7, 11) is 4.37. The Bertz CT molecular complexity index is 2120. The van der Waals surface area contributed by atoms with E-state index >= 15 is 0 Å². The van der Waals surface area contributed by atoms with E-state index in [9.17, 15) is 14.4 Å². The number of aromatic amines is 2. The third-order valence-electron chi connectivity index (χ3n) is 11.8. The summed E-state index contributed by atoms with van der Waals surface area (Å²) in [6.45, 7) is 2.87. The molecule has 1 saturated heterocycles. The standard InChI is InChI=1S/C29H32N6O4.C15H20N2O2/c1-18(38-2)26(34-29(37)39-3)28(36)35-14-4-5-25(35)27-31-16-24(33-27)22-12-8-20(9-13-22)19-6-10-21(11-7-19)23-15-30-17-32-23;1-19-14-5-3-11(8-16-14)9-17-15(18)13-7-10-2-4-12(13)6-10/h6-13,15-18,25-26H,4-5,14H2,1-3H3,(H,30,32)(H,31,33)(H,34,37);3,5,8,10,12-13H,2,4,6-7,9H2,1H3,(H,17,18). The number of aromatic nitrogens is 5. The Morgan fingerprint density at radius 1 is 0.845 bits per heavy atom. The van der Waals surface area contributed by atoms with Crippen molar-refractivity contribution in [2.75, 3.05) is 27.9 Å². The first-order valence-electron chi connectivity index (χ1n) is 19.9. The van der Waals surface area contributed by atoms with Crippen LogP contribution in [0.1, 0.15) is 62.9 Å². The summed E-state index contributed by atoms with van der Waals surface area (Å²) in [5.41, 5.74) is 7.19. The van der Waals surface area contributed by atoms with Crippen LogP contribution in [0.5, 0.6) is 5.88 Å². The lowest BCUT2D eigenvalue weighted by molar-refractivity contribution is -0.137. The number of pyridine rings is 1. The molecule has 3 aromatic heterocycles. The number of hydrogen-bond donors (Lipinski definition) is 4. The van der Waals surface area contributed by atoms with Gasteiger partial charge in [-0.25, -0.2) is 19.7 Å². The second kappa shape index (κ2) is 18.5. The maximum Gasteiger partial charge on any atom is 0.407 e. The summed E-state index contributed by atoms with van der Waals surface area (Å²) in [5.74, 6) is 3.02. The number of nitrogens with one attached hydrogen (secondary N) is 4. The molecule has 1 aliphatic heterocycles. The van der Waals surface area contributed by atoms with Gasteiger partial charge < -0.3 is 39.7 Å². The Hall–Kier alpha value is -6.02. The normalized spacial score (nSPS) is 20.4. The average molecular weight is 789 g/mol. The SMILES string of the molecule is COC(=O)NC(C(=O)N1CCCC1c1ncc(-c2ccc(-c3ccc(-c4cnc[nH]4)cc3)cc2)[nH]1)C(C)OC.COc1ccc(CNC(=O)C2CC3CCC2C3)cn1. The number of fused-ring (bicyclic) bond motifs is 2. The number of carbonyl (C=O) groups is 3. The van der Waals surface area contributed by atoms with Crippen LogP contribution in [0.25, 0.3) is 33.6 Å². The van der Waals surface area contributed by atoms with Crippen LogP contribution in [0, 0.1) is 17.8 Å². The van der Waals surface area contributed by atoms with Crippen LogP contribution < -0.4 is 15.4 Å². The maximum atomic E-state index is 13.4. The third-order valence-corrected chi connectivity index (χ3v) is 11.8. The fourth-order valence-electron chi connectivity index (χ4n) is 8.47. The molecule has 3 amide bonds. The van der Waals surface area contributed by atoms with Gasteiger partial charge in [0.2, 0.25) is 17.7 Å². The number of H-pyrrole nitrogens is 2. The first-order chi connectivity index (χ1) is 28.2. The molecule has 2 bridgehead atoms. The highest BCUT2D eigenvalue weighted by Crippen LogP contribution is 2.48. The zero-order chi connectivity index (χ0) is 40.6. The molecular formula is C44H52N8O6. The number of ether oxygens (including phenoxy) is 3. The maximum absolute atomic E-state index is 13.4. The van der Waals surface area contributed by atoms with Crippen LogP contribution in [0.15, 0.2) is 85.6 Å². The Morgan fingerprint density at radius 2 is 1.57 bits per heavy atom. The van der Waals surface area contributed by atoms with Gasteiger partial charge in [-0.15, -0.1) is 0 Å². The summed E-state index contributed by atoms with van der Waals surface area (Å²) in [6, 6.07) is 19.3. The molecule has 304 valence electrons. The minimum atomic E-state index is -0.862. The van der Waals surface area contributed by atoms with Crippen molar-refractivity contribution >= 4 is 17.9 Å². The van der Waals surface area contributed by atoms with Gasteiger partial charge in [0.15, 0.2) is 0 Å². The monoisotopic (exact) mass is 788 g/mol. The highest BCUT2D eigenvalue weighted by molar-refractivity contribution is 5.87. The van der Waals surface area contributed by atoms with E-state index in [4.69, 9.17) is 14.2 Å². The Morgan fingerprint density at radius 3 is 2.16 bits per heavy atom. The lowest BCUT2D eigenvalue weighted by atomic mass is 9.88. The molecule has 6 atom stereocenters. The topological polar surface area (TPSA) is 176 Å². The van der Waals surface area contributed by atoms with Crippen molar-refractivity contribution in [3.63, 3.8) is 0 Å². The van der Waals surface area contributed by atoms with Crippen LogP contribution in [-0.4, -0.2) is 87.7 Å². The molecule has 4 N–H and O–H groups in total. The van der Waals surface area contributed by atoms with E-state index in [2.05, 4.69) is 84.1 Å². The van der Waals surface area contributed by atoms with E-state index < -0.39 is 18.2 Å². The number of carbonyl (C=O) groups excluding carboxylic acids is 3. The fourth-order valence-corrected chi connectivity index (χ4v) is 8.47. The average Bonchev–Trinajstić information content (AvgIpc) is 4.14. The van der Waals surface area contributed by atoms with E-state index in [1.54, 1.807) is 43.9 Å². The molecule has 0 spiro atoms. The number of likely N-dealkylation sites (tertiary alicyclic amines) is 1. The van der Waals surface area contributed by atoms with Gasteiger partial charge in [-0.2, -0.15) is 0 Å². The van der Waals surface area contributed by atoms with Crippen LogP contribution in [0.3, 0.4) is 0 Å². The second-order valence-corrected chi connectivity index (χ2v) is 15.3. The van der Waals surface area contributed by atoms with Crippen molar-refractivity contribution in [3.8, 4) is 39.5 Å². The Balaban J connectivity index is 0.000000224. The predicted octanol–water partition coefficient (Wildman–Crippen LogP) is 6.70. The van der Waals surface area contributed by atoms with Crippen molar-refractivity contribution < 1.29 is 28.6 Å². The molecule has 5 aromatic rings. The van der Waals surface area contributed by atoms with Gasteiger partial charge >= 0.3 is 6.09 Å². The summed E-state index contributed by atoms with van der Waals surface area (Å²) in [6.07, 6.45) is 12.4. The number of imidazole rings is 2. The van der Waals surface area contributed by atoms with Crippen molar-refractivity contribution in [1.82, 2.24) is 40.5 Å². The van der Waals surface area contributed by atoms with E-state index in [1.165, 1.54) is 33.5 Å². The Labute approximate surface area is 338 Å². The number of nitrogens with zero attached hydrogens (tertiary/aromatic N) is 4. The molecule has 14 nitrogen and oxygen atoms in total. The zero-order valence-electron chi connectivity index (χ0n) is 33.4. The van der Waals surface area contributed by atoms with Gasteiger partial charge in [0, 0.05) is 38.4 Å². The first kappa shape index (κ1) is 40.2. The van der Waals surface area contributed by atoms with Gasteiger partial charge in [0.25, 0.3) is 0 Å². The molecular weight excluding hydrogens is 737 g/mol. The smallest absolute Gasteiger partial charge is 0.407 e. The fraction of sp³-hybridized carbons (Fsp3) is 0.409. The van der Waals surface area contributed by atoms with Crippen LogP contribution in [0.2, 0.25) is 0 Å². The van der Waals surface area contributed by atoms with Crippen molar-refractivity contribution in [2.45, 2.75) is 70.2 Å². The van der Waals surface area contributed by atoms with Crippen LogP contribution in [-0.2, 0) is 25.6 Å². The number of benzene rings is 2. The van der Waals surface area contributed by atoms with E-state index in [0.29, 0.717) is 24.9 Å².